The summed E-state index contributed by atoms with van der Waals surface area (Å²) in [7, 11) is 0. The van der Waals surface area contributed by atoms with E-state index in [9.17, 15) is 9.18 Å². The molecule has 0 amide bonds. The first-order valence-electron chi connectivity index (χ1n) is 5.94. The summed E-state index contributed by atoms with van der Waals surface area (Å²) < 4.78 is 18.6. The summed E-state index contributed by atoms with van der Waals surface area (Å²) in [4.78, 5) is 12.0. The number of carbonyl (C=O) groups is 1. The first-order valence-corrected chi connectivity index (χ1v) is 6.32. The van der Waals surface area contributed by atoms with Gasteiger partial charge >= 0.3 is 5.97 Å². The molecule has 5 heteroatoms. The Morgan fingerprint density at radius 2 is 2.05 bits per heavy atom. The quantitative estimate of drug-likeness (QED) is 0.693. The number of benzene rings is 2. The van der Waals surface area contributed by atoms with Crippen LogP contribution in [0.1, 0.15) is 21.5 Å². The Balaban J connectivity index is 2.12. The average Bonchev–Trinajstić information content (AvgIpc) is 2.42. The van der Waals surface area contributed by atoms with E-state index in [4.69, 9.17) is 22.1 Å². The highest BCUT2D eigenvalue weighted by atomic mass is 35.5. The van der Waals surface area contributed by atoms with E-state index in [1.54, 1.807) is 19.1 Å². The molecule has 0 unspecified atom stereocenters. The largest absolute Gasteiger partial charge is 0.457 e. The molecule has 2 aromatic carbocycles. The van der Waals surface area contributed by atoms with Crippen LogP contribution >= 0.6 is 11.6 Å². The monoisotopic (exact) mass is 293 g/mol. The van der Waals surface area contributed by atoms with E-state index in [1.807, 2.05) is 0 Å². The van der Waals surface area contributed by atoms with Crippen LogP contribution in [0.2, 0.25) is 5.02 Å². The van der Waals surface area contributed by atoms with Crippen LogP contribution in [0.25, 0.3) is 0 Å². The van der Waals surface area contributed by atoms with E-state index in [1.165, 1.54) is 24.3 Å². The molecule has 0 saturated carbocycles. The lowest BCUT2D eigenvalue weighted by molar-refractivity contribution is 0.0468. The number of rotatable bonds is 3. The molecular formula is C15H13ClFNO2. The summed E-state index contributed by atoms with van der Waals surface area (Å²) in [6, 6.07) is 9.05. The van der Waals surface area contributed by atoms with Crippen LogP contribution < -0.4 is 5.73 Å². The van der Waals surface area contributed by atoms with E-state index in [-0.39, 0.29) is 12.2 Å². The highest BCUT2D eigenvalue weighted by Gasteiger charge is 2.12. The van der Waals surface area contributed by atoms with Gasteiger partial charge in [0, 0.05) is 16.3 Å². The van der Waals surface area contributed by atoms with Gasteiger partial charge in [0.25, 0.3) is 0 Å². The van der Waals surface area contributed by atoms with Crippen molar-refractivity contribution in [1.29, 1.82) is 0 Å². The molecule has 0 aromatic heterocycles. The van der Waals surface area contributed by atoms with Crippen molar-refractivity contribution in [3.05, 3.63) is 63.9 Å². The van der Waals surface area contributed by atoms with Crippen molar-refractivity contribution in [2.75, 3.05) is 5.73 Å². The smallest absolute Gasteiger partial charge is 0.338 e. The Morgan fingerprint density at radius 1 is 1.30 bits per heavy atom. The van der Waals surface area contributed by atoms with Crippen molar-refractivity contribution < 1.29 is 13.9 Å². The van der Waals surface area contributed by atoms with Gasteiger partial charge < -0.3 is 10.5 Å². The number of aryl methyl sites for hydroxylation is 1. The van der Waals surface area contributed by atoms with Gasteiger partial charge in [-0.15, -0.1) is 0 Å². The minimum Gasteiger partial charge on any atom is -0.457 e. The predicted octanol–water partition coefficient (Wildman–Crippen LogP) is 3.73. The Morgan fingerprint density at radius 3 is 2.80 bits per heavy atom. The lowest BCUT2D eigenvalue weighted by Gasteiger charge is -2.09. The van der Waals surface area contributed by atoms with E-state index in [2.05, 4.69) is 0 Å². The van der Waals surface area contributed by atoms with Gasteiger partial charge in [0.05, 0.1) is 5.56 Å². The van der Waals surface area contributed by atoms with Crippen LogP contribution in [-0.2, 0) is 11.3 Å². The second kappa shape index (κ2) is 5.92. The van der Waals surface area contributed by atoms with Crippen LogP contribution in [0.3, 0.4) is 0 Å². The molecule has 0 bridgehead atoms. The molecule has 104 valence electrons. The SMILES string of the molecule is Cc1ccc(N)cc1C(=O)OCc1cc(Cl)ccc1F. The molecule has 0 heterocycles. The second-order valence-corrected chi connectivity index (χ2v) is 4.82. The molecule has 0 aliphatic rings. The Kier molecular flexibility index (Phi) is 4.25. The van der Waals surface area contributed by atoms with Gasteiger partial charge in [-0.3, -0.25) is 0 Å². The van der Waals surface area contributed by atoms with E-state index in [0.29, 0.717) is 16.3 Å². The van der Waals surface area contributed by atoms with Crippen molar-refractivity contribution >= 4 is 23.3 Å². The molecule has 0 atom stereocenters. The summed E-state index contributed by atoms with van der Waals surface area (Å²) in [5.74, 6) is -1.01. The van der Waals surface area contributed by atoms with Gasteiger partial charge in [0.2, 0.25) is 0 Å². The second-order valence-electron chi connectivity index (χ2n) is 4.39. The van der Waals surface area contributed by atoms with E-state index in [0.717, 1.165) is 5.56 Å². The van der Waals surface area contributed by atoms with Gasteiger partial charge in [-0.05, 0) is 42.8 Å². The maximum atomic E-state index is 13.5. The number of esters is 1. The number of nitrogens with two attached hydrogens (primary N) is 1. The standard InChI is InChI=1S/C15H13ClFNO2/c1-9-2-4-12(18)7-13(9)15(19)20-8-10-6-11(16)3-5-14(10)17/h2-7H,8,18H2,1H3. The molecule has 3 nitrogen and oxygen atoms in total. The third kappa shape index (κ3) is 3.27. The van der Waals surface area contributed by atoms with E-state index < -0.39 is 11.8 Å². The minimum absolute atomic E-state index is 0.181. The number of carbonyl (C=O) groups excluding carboxylic acids is 1. The third-order valence-electron chi connectivity index (χ3n) is 2.85. The Labute approximate surface area is 121 Å². The fraction of sp³-hybridized carbons (Fsp3) is 0.133. The molecule has 20 heavy (non-hydrogen) atoms. The lowest BCUT2D eigenvalue weighted by atomic mass is 10.1. The zero-order chi connectivity index (χ0) is 14.7. The Hall–Kier alpha value is -2.07. The van der Waals surface area contributed by atoms with Gasteiger partial charge in [-0.25, -0.2) is 9.18 Å². The number of anilines is 1. The summed E-state index contributed by atoms with van der Waals surface area (Å²) in [6.45, 7) is 1.59. The molecule has 2 N–H and O–H groups in total. The van der Waals surface area contributed by atoms with Gasteiger partial charge in [0.1, 0.15) is 12.4 Å². The van der Waals surface area contributed by atoms with Crippen LogP contribution in [-0.4, -0.2) is 5.97 Å². The average molecular weight is 294 g/mol. The van der Waals surface area contributed by atoms with Crippen molar-refractivity contribution in [2.45, 2.75) is 13.5 Å². The molecule has 0 spiro atoms. The van der Waals surface area contributed by atoms with Gasteiger partial charge in [0.15, 0.2) is 0 Å². The number of nitrogen functional groups attached to an aromatic ring is 1. The number of halogens is 2. The summed E-state index contributed by atoms with van der Waals surface area (Å²) in [6.07, 6.45) is 0. The molecule has 0 radical (unpaired) electrons. The van der Waals surface area contributed by atoms with Crippen molar-refractivity contribution in [3.8, 4) is 0 Å². The summed E-state index contributed by atoms with van der Waals surface area (Å²) in [5, 5.41) is 0.387. The maximum Gasteiger partial charge on any atom is 0.338 e. The van der Waals surface area contributed by atoms with Crippen LogP contribution in [0.5, 0.6) is 0 Å². The number of ether oxygens (including phenoxy) is 1. The zero-order valence-corrected chi connectivity index (χ0v) is 11.6. The van der Waals surface area contributed by atoms with Gasteiger partial charge in [-0.1, -0.05) is 17.7 Å². The van der Waals surface area contributed by atoms with Crippen molar-refractivity contribution in [1.82, 2.24) is 0 Å². The third-order valence-corrected chi connectivity index (χ3v) is 3.08. The topological polar surface area (TPSA) is 52.3 Å². The lowest BCUT2D eigenvalue weighted by Crippen LogP contribution is -2.08. The Bertz CT molecular complexity index is 658. The van der Waals surface area contributed by atoms with Crippen molar-refractivity contribution in [2.24, 2.45) is 0 Å². The fourth-order valence-electron chi connectivity index (χ4n) is 1.73. The highest BCUT2D eigenvalue weighted by Crippen LogP contribution is 2.18. The number of hydrogen-bond donors (Lipinski definition) is 1. The van der Waals surface area contributed by atoms with Crippen LogP contribution in [0.15, 0.2) is 36.4 Å². The molecule has 0 fully saturated rings. The van der Waals surface area contributed by atoms with Gasteiger partial charge in [-0.2, -0.15) is 0 Å². The van der Waals surface area contributed by atoms with E-state index >= 15 is 0 Å². The van der Waals surface area contributed by atoms with Crippen LogP contribution in [0, 0.1) is 12.7 Å². The molecule has 2 aromatic rings. The fourth-order valence-corrected chi connectivity index (χ4v) is 1.93. The van der Waals surface area contributed by atoms with Crippen LogP contribution in [0.4, 0.5) is 10.1 Å². The highest BCUT2D eigenvalue weighted by molar-refractivity contribution is 6.30. The minimum atomic E-state index is -0.547. The molecular weight excluding hydrogens is 281 g/mol. The maximum absolute atomic E-state index is 13.5. The van der Waals surface area contributed by atoms with Crippen molar-refractivity contribution in [3.63, 3.8) is 0 Å². The molecule has 2 rings (SSSR count). The molecule has 0 saturated heterocycles. The first kappa shape index (κ1) is 14.3. The zero-order valence-electron chi connectivity index (χ0n) is 10.8. The molecule has 0 aliphatic heterocycles. The summed E-state index contributed by atoms with van der Waals surface area (Å²) in [5.41, 5.74) is 7.44. The predicted molar refractivity (Wildman–Crippen MR) is 76.1 cm³/mol. The normalized spacial score (nSPS) is 10.3. The number of hydrogen-bond acceptors (Lipinski definition) is 3. The summed E-state index contributed by atoms with van der Waals surface area (Å²) >= 11 is 5.77. The molecule has 0 aliphatic carbocycles. The first-order chi connectivity index (χ1) is 9.47.